The zero-order valence-electron chi connectivity index (χ0n) is 11.1. The van der Waals surface area contributed by atoms with Crippen molar-refractivity contribution in [2.45, 2.75) is 13.3 Å². The number of nitro groups is 1. The van der Waals surface area contributed by atoms with Crippen molar-refractivity contribution < 1.29 is 19.6 Å². The summed E-state index contributed by atoms with van der Waals surface area (Å²) < 4.78 is 5.53. The van der Waals surface area contributed by atoms with Crippen LogP contribution in [0.1, 0.15) is 22.8 Å². The van der Waals surface area contributed by atoms with Crippen molar-refractivity contribution >= 4 is 11.7 Å². The first-order chi connectivity index (χ1) is 10.0. The number of aryl methyl sites for hydroxylation is 1. The molecule has 0 fully saturated rings. The van der Waals surface area contributed by atoms with E-state index in [1.807, 2.05) is 19.1 Å². The van der Waals surface area contributed by atoms with Gasteiger partial charge in [-0.2, -0.15) is 0 Å². The minimum Gasteiger partial charge on any atom is -0.477 e. The maximum Gasteiger partial charge on any atom is 0.342 e. The first kappa shape index (κ1) is 14.4. The Kier molecular flexibility index (Phi) is 4.13. The van der Waals surface area contributed by atoms with E-state index in [2.05, 4.69) is 4.98 Å². The molecular formula is C14H12N2O5. The third-order valence-corrected chi connectivity index (χ3v) is 2.85. The summed E-state index contributed by atoms with van der Waals surface area (Å²) in [5, 5.41) is 19.8. The second kappa shape index (κ2) is 6.00. The molecule has 0 bridgehead atoms. The number of rotatable bonds is 5. The van der Waals surface area contributed by atoms with Gasteiger partial charge in [0.05, 0.1) is 4.92 Å². The molecule has 0 unspecified atom stereocenters. The van der Waals surface area contributed by atoms with Crippen LogP contribution in [0.2, 0.25) is 0 Å². The van der Waals surface area contributed by atoms with Crippen molar-refractivity contribution in [3.05, 3.63) is 57.8 Å². The number of carbonyl (C=O) groups is 1. The Morgan fingerprint density at radius 1 is 1.43 bits per heavy atom. The molecule has 1 aromatic carbocycles. The highest BCUT2D eigenvalue weighted by molar-refractivity contribution is 5.92. The van der Waals surface area contributed by atoms with Gasteiger partial charge in [-0.3, -0.25) is 10.1 Å². The van der Waals surface area contributed by atoms with E-state index in [0.29, 0.717) is 5.75 Å². The average molecular weight is 288 g/mol. The van der Waals surface area contributed by atoms with E-state index >= 15 is 0 Å². The number of para-hydroxylation sites is 1. The van der Waals surface area contributed by atoms with Gasteiger partial charge in [0.1, 0.15) is 17.5 Å². The van der Waals surface area contributed by atoms with Gasteiger partial charge in [-0.1, -0.05) is 25.1 Å². The fraction of sp³-hybridized carbons (Fsp3) is 0.143. The molecule has 1 aromatic heterocycles. The van der Waals surface area contributed by atoms with Crippen LogP contribution in [-0.4, -0.2) is 21.0 Å². The number of hydrogen-bond acceptors (Lipinski definition) is 5. The Balaban J connectivity index is 2.39. The van der Waals surface area contributed by atoms with E-state index in [-0.39, 0.29) is 5.88 Å². The molecule has 1 heterocycles. The lowest BCUT2D eigenvalue weighted by Crippen LogP contribution is -2.04. The van der Waals surface area contributed by atoms with Crippen LogP contribution in [-0.2, 0) is 6.42 Å². The van der Waals surface area contributed by atoms with Gasteiger partial charge in [-0.15, -0.1) is 0 Å². The van der Waals surface area contributed by atoms with Crippen molar-refractivity contribution in [3.63, 3.8) is 0 Å². The SMILES string of the molecule is CCc1ccccc1Oc1cc(C(=O)O)c([N+](=O)[O-])cn1. The van der Waals surface area contributed by atoms with E-state index in [4.69, 9.17) is 9.84 Å². The predicted molar refractivity (Wildman–Crippen MR) is 73.7 cm³/mol. The van der Waals surface area contributed by atoms with Crippen LogP contribution in [0, 0.1) is 10.1 Å². The van der Waals surface area contributed by atoms with Crippen molar-refractivity contribution in [2.24, 2.45) is 0 Å². The molecule has 0 saturated heterocycles. The van der Waals surface area contributed by atoms with E-state index in [1.54, 1.807) is 12.1 Å². The molecule has 7 nitrogen and oxygen atoms in total. The van der Waals surface area contributed by atoms with E-state index in [1.165, 1.54) is 0 Å². The summed E-state index contributed by atoms with van der Waals surface area (Å²) in [5.41, 5.74) is -0.105. The van der Waals surface area contributed by atoms with Gasteiger partial charge in [0.2, 0.25) is 5.88 Å². The van der Waals surface area contributed by atoms with Gasteiger partial charge < -0.3 is 9.84 Å². The van der Waals surface area contributed by atoms with Crippen molar-refractivity contribution in [1.82, 2.24) is 4.98 Å². The van der Waals surface area contributed by atoms with Crippen LogP contribution in [0.15, 0.2) is 36.5 Å². The molecule has 21 heavy (non-hydrogen) atoms. The Morgan fingerprint density at radius 3 is 2.76 bits per heavy atom. The van der Waals surface area contributed by atoms with Gasteiger partial charge in [-0.05, 0) is 18.1 Å². The fourth-order valence-electron chi connectivity index (χ4n) is 1.81. The molecular weight excluding hydrogens is 276 g/mol. The third-order valence-electron chi connectivity index (χ3n) is 2.85. The number of carboxylic acids is 1. The van der Waals surface area contributed by atoms with E-state index in [0.717, 1.165) is 24.2 Å². The molecule has 0 saturated carbocycles. The Morgan fingerprint density at radius 2 is 2.14 bits per heavy atom. The number of pyridine rings is 1. The molecule has 2 rings (SSSR count). The van der Waals surface area contributed by atoms with Crippen LogP contribution in [0.5, 0.6) is 11.6 Å². The van der Waals surface area contributed by atoms with Crippen molar-refractivity contribution in [1.29, 1.82) is 0 Å². The lowest BCUT2D eigenvalue weighted by molar-refractivity contribution is -0.385. The quantitative estimate of drug-likeness (QED) is 0.670. The lowest BCUT2D eigenvalue weighted by Gasteiger charge is -2.09. The van der Waals surface area contributed by atoms with Gasteiger partial charge in [0.15, 0.2) is 0 Å². The fourth-order valence-corrected chi connectivity index (χ4v) is 1.81. The number of ether oxygens (including phenoxy) is 1. The second-order valence-electron chi connectivity index (χ2n) is 4.17. The lowest BCUT2D eigenvalue weighted by atomic mass is 10.1. The van der Waals surface area contributed by atoms with Crippen LogP contribution in [0.3, 0.4) is 0 Å². The number of aromatic carboxylic acids is 1. The summed E-state index contributed by atoms with van der Waals surface area (Å²) >= 11 is 0. The minimum absolute atomic E-state index is 0.00102. The summed E-state index contributed by atoms with van der Waals surface area (Å²) in [6, 6.07) is 8.28. The predicted octanol–water partition coefficient (Wildman–Crippen LogP) is 3.04. The molecule has 0 amide bonds. The maximum absolute atomic E-state index is 11.1. The summed E-state index contributed by atoms with van der Waals surface area (Å²) in [6.45, 7) is 1.95. The van der Waals surface area contributed by atoms with Crippen LogP contribution >= 0.6 is 0 Å². The van der Waals surface area contributed by atoms with Crippen LogP contribution in [0.25, 0.3) is 0 Å². The molecule has 0 aliphatic rings. The summed E-state index contributed by atoms with van der Waals surface area (Å²) in [6.07, 6.45) is 1.61. The monoisotopic (exact) mass is 288 g/mol. The van der Waals surface area contributed by atoms with E-state index < -0.39 is 22.1 Å². The van der Waals surface area contributed by atoms with Gasteiger partial charge in [0, 0.05) is 6.07 Å². The molecule has 0 radical (unpaired) electrons. The zero-order chi connectivity index (χ0) is 15.4. The largest absolute Gasteiger partial charge is 0.477 e. The highest BCUT2D eigenvalue weighted by Gasteiger charge is 2.21. The summed E-state index contributed by atoms with van der Waals surface area (Å²) in [5.74, 6) is -0.866. The summed E-state index contributed by atoms with van der Waals surface area (Å²) in [4.78, 5) is 24.8. The number of aromatic nitrogens is 1. The molecule has 0 aliphatic carbocycles. The first-order valence-corrected chi connectivity index (χ1v) is 6.16. The number of nitrogens with zero attached hydrogens (tertiary/aromatic N) is 2. The number of carboxylic acid groups (broad SMARTS) is 1. The molecule has 0 atom stereocenters. The van der Waals surface area contributed by atoms with Crippen LogP contribution < -0.4 is 4.74 Å². The van der Waals surface area contributed by atoms with E-state index in [9.17, 15) is 14.9 Å². The van der Waals surface area contributed by atoms with Crippen molar-refractivity contribution in [2.75, 3.05) is 0 Å². The molecule has 108 valence electrons. The third kappa shape index (κ3) is 3.14. The molecule has 1 N–H and O–H groups in total. The Hall–Kier alpha value is -2.96. The average Bonchev–Trinajstić information content (AvgIpc) is 2.47. The highest BCUT2D eigenvalue weighted by Crippen LogP contribution is 2.27. The molecule has 7 heteroatoms. The molecule has 0 aliphatic heterocycles. The van der Waals surface area contributed by atoms with Gasteiger partial charge in [0.25, 0.3) is 0 Å². The summed E-state index contributed by atoms with van der Waals surface area (Å²) in [7, 11) is 0. The number of hydrogen-bond donors (Lipinski definition) is 1. The zero-order valence-corrected chi connectivity index (χ0v) is 11.1. The van der Waals surface area contributed by atoms with Crippen LogP contribution in [0.4, 0.5) is 5.69 Å². The normalized spacial score (nSPS) is 10.1. The number of benzene rings is 1. The van der Waals surface area contributed by atoms with Crippen molar-refractivity contribution in [3.8, 4) is 11.6 Å². The topological polar surface area (TPSA) is 103 Å². The standard InChI is InChI=1S/C14H12N2O5/c1-2-9-5-3-4-6-12(9)21-13-7-10(14(17)18)11(8-15-13)16(19)20/h3-8H,2H2,1H3,(H,17,18). The van der Waals surface area contributed by atoms with Gasteiger partial charge in [-0.25, -0.2) is 9.78 Å². The smallest absolute Gasteiger partial charge is 0.342 e. The second-order valence-corrected chi connectivity index (χ2v) is 4.17. The Bertz CT molecular complexity index is 700. The molecule has 2 aromatic rings. The minimum atomic E-state index is -1.40. The maximum atomic E-state index is 11.1. The van der Waals surface area contributed by atoms with Gasteiger partial charge >= 0.3 is 11.7 Å². The highest BCUT2D eigenvalue weighted by atomic mass is 16.6. The first-order valence-electron chi connectivity index (χ1n) is 6.16. The Labute approximate surface area is 120 Å². The molecule has 0 spiro atoms.